The molecule has 5 nitrogen and oxygen atoms in total. The Labute approximate surface area is 127 Å². The number of amides is 1. The second kappa shape index (κ2) is 7.62. The molecule has 0 saturated heterocycles. The Morgan fingerprint density at radius 2 is 1.89 bits per heavy atom. The van der Waals surface area contributed by atoms with E-state index in [-0.39, 0.29) is 18.9 Å². The Kier molecular flexibility index (Phi) is 6.47. The first-order chi connectivity index (χ1) is 8.92. The highest BCUT2D eigenvalue weighted by Crippen LogP contribution is 2.20. The van der Waals surface area contributed by atoms with Gasteiger partial charge in [-0.2, -0.15) is 0 Å². The molecule has 0 fully saturated rings. The van der Waals surface area contributed by atoms with Crippen LogP contribution in [0.5, 0.6) is 0 Å². The number of carbonyl (C=O) groups is 2. The summed E-state index contributed by atoms with van der Waals surface area (Å²) in [4.78, 5) is 22.5. The van der Waals surface area contributed by atoms with Crippen molar-refractivity contribution in [1.29, 1.82) is 0 Å². The van der Waals surface area contributed by atoms with Gasteiger partial charge >= 0.3 is 5.97 Å². The average molecular weight is 395 g/mol. The fraction of sp³-hybridized carbons (Fsp3) is 0.333. The number of hydrogen-bond acceptors (Lipinski definition) is 3. The molecule has 0 radical (unpaired) electrons. The van der Waals surface area contributed by atoms with E-state index < -0.39 is 12.1 Å². The number of carboxylic acids is 1. The summed E-state index contributed by atoms with van der Waals surface area (Å²) in [5.41, 5.74) is 0.478. The summed E-state index contributed by atoms with van der Waals surface area (Å²) in [5, 5.41) is 11.3. The number of carbonyl (C=O) groups excluding carboxylic acids is 1. The van der Waals surface area contributed by atoms with Crippen LogP contribution in [0, 0.1) is 0 Å². The van der Waals surface area contributed by atoms with Gasteiger partial charge in [0, 0.05) is 28.2 Å². The SMILES string of the molecule is COC(CNC(=O)c1cc(Br)cc(Br)c1)CC(=O)O. The number of hydrogen-bond donors (Lipinski definition) is 2. The lowest BCUT2D eigenvalue weighted by molar-refractivity contribution is -0.139. The number of rotatable bonds is 6. The third-order valence-corrected chi connectivity index (χ3v) is 3.27. The molecule has 0 bridgehead atoms. The van der Waals surface area contributed by atoms with Gasteiger partial charge in [-0.15, -0.1) is 0 Å². The van der Waals surface area contributed by atoms with Crippen LogP contribution in [0.4, 0.5) is 0 Å². The van der Waals surface area contributed by atoms with E-state index in [1.165, 1.54) is 7.11 Å². The van der Waals surface area contributed by atoms with E-state index in [0.29, 0.717) is 5.56 Å². The largest absolute Gasteiger partial charge is 0.481 e. The zero-order chi connectivity index (χ0) is 14.4. The Morgan fingerprint density at radius 3 is 2.37 bits per heavy atom. The third-order valence-electron chi connectivity index (χ3n) is 2.35. The van der Waals surface area contributed by atoms with Gasteiger partial charge in [0.05, 0.1) is 12.5 Å². The molecule has 0 spiro atoms. The highest BCUT2D eigenvalue weighted by Gasteiger charge is 2.14. The number of carboxylic acid groups (broad SMARTS) is 1. The van der Waals surface area contributed by atoms with E-state index in [1.54, 1.807) is 12.1 Å². The summed E-state index contributed by atoms with van der Waals surface area (Å²) in [6, 6.07) is 5.18. The first kappa shape index (κ1) is 16.1. The van der Waals surface area contributed by atoms with E-state index in [9.17, 15) is 9.59 Å². The Morgan fingerprint density at radius 1 is 1.32 bits per heavy atom. The monoisotopic (exact) mass is 393 g/mol. The molecule has 2 N–H and O–H groups in total. The summed E-state index contributed by atoms with van der Waals surface area (Å²) < 4.78 is 6.54. The standard InChI is InChI=1S/C12H13Br2NO4/c1-19-10(5-11(16)17)6-15-12(18)7-2-8(13)4-9(14)3-7/h2-4,10H,5-6H2,1H3,(H,15,18)(H,16,17). The average Bonchev–Trinajstić information content (AvgIpc) is 2.32. The maximum absolute atomic E-state index is 11.9. The fourth-order valence-corrected chi connectivity index (χ4v) is 2.72. The zero-order valence-corrected chi connectivity index (χ0v) is 13.3. The number of aliphatic carboxylic acids is 1. The molecule has 1 aromatic carbocycles. The van der Waals surface area contributed by atoms with E-state index in [4.69, 9.17) is 9.84 Å². The number of methoxy groups -OCH3 is 1. The fourth-order valence-electron chi connectivity index (χ4n) is 1.43. The van der Waals surface area contributed by atoms with Crippen LogP contribution in [0.3, 0.4) is 0 Å². The van der Waals surface area contributed by atoms with Gasteiger partial charge in [-0.25, -0.2) is 0 Å². The molecule has 1 atom stereocenters. The lowest BCUT2D eigenvalue weighted by atomic mass is 10.2. The van der Waals surface area contributed by atoms with Gasteiger partial charge in [0.1, 0.15) is 0 Å². The van der Waals surface area contributed by atoms with Gasteiger partial charge in [0.25, 0.3) is 5.91 Å². The third kappa shape index (κ3) is 5.71. The summed E-state index contributed by atoms with van der Waals surface area (Å²) >= 11 is 6.59. The van der Waals surface area contributed by atoms with Gasteiger partial charge in [-0.1, -0.05) is 31.9 Å². The minimum atomic E-state index is -0.966. The first-order valence-corrected chi connectivity index (χ1v) is 7.00. The van der Waals surface area contributed by atoms with E-state index in [2.05, 4.69) is 37.2 Å². The second-order valence-electron chi connectivity index (χ2n) is 3.82. The maximum atomic E-state index is 11.9. The topological polar surface area (TPSA) is 75.6 Å². The van der Waals surface area contributed by atoms with Crippen molar-refractivity contribution in [3.8, 4) is 0 Å². The molecular weight excluding hydrogens is 382 g/mol. The predicted octanol–water partition coefficient (Wildman–Crippen LogP) is 2.43. The van der Waals surface area contributed by atoms with Gasteiger partial charge in [0.15, 0.2) is 0 Å². The van der Waals surface area contributed by atoms with Gasteiger partial charge in [-0.05, 0) is 18.2 Å². The van der Waals surface area contributed by atoms with Gasteiger partial charge < -0.3 is 15.2 Å². The summed E-state index contributed by atoms with van der Waals surface area (Å²) in [6.07, 6.45) is -0.698. The van der Waals surface area contributed by atoms with Crippen molar-refractivity contribution in [2.45, 2.75) is 12.5 Å². The number of benzene rings is 1. The van der Waals surface area contributed by atoms with E-state index >= 15 is 0 Å². The summed E-state index contributed by atoms with van der Waals surface area (Å²) in [7, 11) is 1.41. The van der Waals surface area contributed by atoms with Crippen molar-refractivity contribution < 1.29 is 19.4 Å². The summed E-state index contributed by atoms with van der Waals surface area (Å²) in [5.74, 6) is -1.25. The van der Waals surface area contributed by atoms with Crippen molar-refractivity contribution in [2.24, 2.45) is 0 Å². The minimum absolute atomic E-state index is 0.145. The predicted molar refractivity (Wildman–Crippen MR) is 77.2 cm³/mol. The Hall–Kier alpha value is -0.920. The van der Waals surface area contributed by atoms with Crippen molar-refractivity contribution in [1.82, 2.24) is 5.32 Å². The zero-order valence-electron chi connectivity index (χ0n) is 10.2. The molecule has 0 heterocycles. The number of ether oxygens (including phenoxy) is 1. The highest BCUT2D eigenvalue weighted by atomic mass is 79.9. The van der Waals surface area contributed by atoms with Crippen LogP contribution in [-0.2, 0) is 9.53 Å². The molecule has 0 saturated carbocycles. The van der Waals surface area contributed by atoms with Crippen LogP contribution in [0.2, 0.25) is 0 Å². The maximum Gasteiger partial charge on any atom is 0.306 e. The smallest absolute Gasteiger partial charge is 0.306 e. The lowest BCUT2D eigenvalue weighted by Gasteiger charge is -2.14. The number of nitrogens with one attached hydrogen (secondary N) is 1. The van der Waals surface area contributed by atoms with Crippen LogP contribution in [0.25, 0.3) is 0 Å². The molecule has 1 rings (SSSR count). The molecule has 7 heteroatoms. The second-order valence-corrected chi connectivity index (χ2v) is 5.66. The van der Waals surface area contributed by atoms with E-state index in [0.717, 1.165) is 8.95 Å². The van der Waals surface area contributed by atoms with Crippen molar-refractivity contribution >= 4 is 43.7 Å². The first-order valence-electron chi connectivity index (χ1n) is 5.41. The highest BCUT2D eigenvalue weighted by molar-refractivity contribution is 9.11. The molecule has 0 aliphatic heterocycles. The molecule has 104 valence electrons. The van der Waals surface area contributed by atoms with Crippen LogP contribution < -0.4 is 5.32 Å². The molecule has 0 aliphatic carbocycles. The van der Waals surface area contributed by atoms with Crippen molar-refractivity contribution in [3.63, 3.8) is 0 Å². The molecular formula is C12H13Br2NO4. The molecule has 1 unspecified atom stereocenters. The normalized spacial score (nSPS) is 11.9. The van der Waals surface area contributed by atoms with E-state index in [1.807, 2.05) is 6.07 Å². The Balaban J connectivity index is 2.61. The summed E-state index contributed by atoms with van der Waals surface area (Å²) in [6.45, 7) is 0.145. The van der Waals surface area contributed by atoms with Crippen LogP contribution >= 0.6 is 31.9 Å². The van der Waals surface area contributed by atoms with Gasteiger partial charge in [0.2, 0.25) is 0 Å². The van der Waals surface area contributed by atoms with Gasteiger partial charge in [-0.3, -0.25) is 9.59 Å². The van der Waals surface area contributed by atoms with Crippen LogP contribution in [-0.4, -0.2) is 36.7 Å². The van der Waals surface area contributed by atoms with Crippen molar-refractivity contribution in [3.05, 3.63) is 32.7 Å². The molecule has 0 aliphatic rings. The van der Waals surface area contributed by atoms with Crippen LogP contribution in [0.1, 0.15) is 16.8 Å². The Bertz CT molecular complexity index is 459. The quantitative estimate of drug-likeness (QED) is 0.776. The number of halogens is 2. The van der Waals surface area contributed by atoms with Crippen molar-refractivity contribution in [2.75, 3.05) is 13.7 Å². The molecule has 1 aromatic rings. The lowest BCUT2D eigenvalue weighted by Crippen LogP contribution is -2.34. The molecule has 19 heavy (non-hydrogen) atoms. The van der Waals surface area contributed by atoms with Crippen LogP contribution in [0.15, 0.2) is 27.1 Å². The minimum Gasteiger partial charge on any atom is -0.481 e. The molecule has 1 amide bonds. The molecule has 0 aromatic heterocycles.